The van der Waals surface area contributed by atoms with Crippen LogP contribution in [-0.2, 0) is 0 Å². The first-order valence-electron chi connectivity index (χ1n) is 6.35. The fraction of sp³-hybridized carbons (Fsp3) is 0.500. The van der Waals surface area contributed by atoms with Crippen molar-refractivity contribution in [1.82, 2.24) is 5.32 Å². The second-order valence-corrected chi connectivity index (χ2v) is 5.37. The van der Waals surface area contributed by atoms with Crippen LogP contribution in [0.15, 0.2) is 24.3 Å². The molecular formula is C14H20N2O2S. The maximum absolute atomic E-state index is 9.94. The number of nitrogens with zero attached hydrogens (tertiary/aromatic N) is 1. The van der Waals surface area contributed by atoms with Crippen molar-refractivity contribution < 1.29 is 10.2 Å². The summed E-state index contributed by atoms with van der Waals surface area (Å²) in [6.07, 6.45) is 0.286. The highest BCUT2D eigenvalue weighted by Crippen LogP contribution is 2.12. The number of nitriles is 1. The van der Waals surface area contributed by atoms with Crippen LogP contribution in [0.3, 0.4) is 0 Å². The average molecular weight is 280 g/mol. The molecule has 3 N–H and O–H groups in total. The van der Waals surface area contributed by atoms with Gasteiger partial charge in [0.05, 0.1) is 17.7 Å². The van der Waals surface area contributed by atoms with Gasteiger partial charge in [0.25, 0.3) is 0 Å². The summed E-state index contributed by atoms with van der Waals surface area (Å²) < 4.78 is 0. The maximum atomic E-state index is 9.94. The summed E-state index contributed by atoms with van der Waals surface area (Å²) in [4.78, 5) is 0. The first-order chi connectivity index (χ1) is 9.27. The Kier molecular flexibility index (Phi) is 8.26. The van der Waals surface area contributed by atoms with Crippen LogP contribution in [0.4, 0.5) is 0 Å². The Labute approximate surface area is 118 Å². The highest BCUT2D eigenvalue weighted by molar-refractivity contribution is 7.99. The van der Waals surface area contributed by atoms with Crippen molar-refractivity contribution in [1.29, 1.82) is 5.26 Å². The highest BCUT2D eigenvalue weighted by atomic mass is 32.2. The maximum Gasteiger partial charge on any atom is 0.0991 e. The van der Waals surface area contributed by atoms with E-state index in [9.17, 15) is 5.11 Å². The lowest BCUT2D eigenvalue weighted by Gasteiger charge is -2.12. The minimum Gasteiger partial charge on any atom is -0.396 e. The fourth-order valence-corrected chi connectivity index (χ4v) is 2.38. The summed E-state index contributed by atoms with van der Waals surface area (Å²) in [5.41, 5.74) is 1.42. The predicted molar refractivity (Wildman–Crippen MR) is 78.0 cm³/mol. The van der Waals surface area contributed by atoms with Crippen LogP contribution in [-0.4, -0.2) is 41.4 Å². The third-order valence-electron chi connectivity index (χ3n) is 2.63. The second kappa shape index (κ2) is 9.82. The van der Waals surface area contributed by atoms with Crippen molar-refractivity contribution in [3.63, 3.8) is 0 Å². The number of hydrogen-bond donors (Lipinski definition) is 3. The Morgan fingerprint density at radius 2 is 2.00 bits per heavy atom. The SMILES string of the molecule is N#Cc1ccc(C(O)CNCCSCCCO)cc1. The topological polar surface area (TPSA) is 76.3 Å². The molecule has 0 spiro atoms. The normalized spacial score (nSPS) is 12.1. The van der Waals surface area contributed by atoms with Gasteiger partial charge < -0.3 is 15.5 Å². The van der Waals surface area contributed by atoms with E-state index in [1.54, 1.807) is 36.0 Å². The number of nitrogens with one attached hydrogen (secondary N) is 1. The van der Waals surface area contributed by atoms with Crippen molar-refractivity contribution in [2.24, 2.45) is 0 Å². The minimum atomic E-state index is -0.546. The molecule has 1 aromatic rings. The van der Waals surface area contributed by atoms with Crippen LogP contribution in [0.2, 0.25) is 0 Å². The van der Waals surface area contributed by atoms with Gasteiger partial charge in [0.1, 0.15) is 0 Å². The summed E-state index contributed by atoms with van der Waals surface area (Å²) >= 11 is 1.79. The third-order valence-corrected chi connectivity index (χ3v) is 3.70. The molecule has 0 aliphatic rings. The molecule has 0 aromatic heterocycles. The largest absolute Gasteiger partial charge is 0.396 e. The van der Waals surface area contributed by atoms with Gasteiger partial charge in [-0.2, -0.15) is 17.0 Å². The first kappa shape index (κ1) is 16.0. The summed E-state index contributed by atoms with van der Waals surface area (Å²) in [5, 5.41) is 30.4. The van der Waals surface area contributed by atoms with Gasteiger partial charge in [0.2, 0.25) is 0 Å². The van der Waals surface area contributed by atoms with Gasteiger partial charge in [-0.1, -0.05) is 12.1 Å². The van der Waals surface area contributed by atoms with E-state index < -0.39 is 6.10 Å². The Morgan fingerprint density at radius 3 is 2.63 bits per heavy atom. The van der Waals surface area contributed by atoms with Gasteiger partial charge >= 0.3 is 0 Å². The van der Waals surface area contributed by atoms with Crippen LogP contribution in [0.1, 0.15) is 23.7 Å². The second-order valence-electron chi connectivity index (χ2n) is 4.14. The number of hydrogen-bond acceptors (Lipinski definition) is 5. The standard InChI is InChI=1S/C14H20N2O2S/c15-10-12-2-4-13(5-3-12)14(18)11-16-6-9-19-8-1-7-17/h2-5,14,16-18H,1,6-9,11H2. The van der Waals surface area contributed by atoms with Gasteiger partial charge in [-0.3, -0.25) is 0 Å². The molecular weight excluding hydrogens is 260 g/mol. The van der Waals surface area contributed by atoms with Crippen LogP contribution < -0.4 is 5.32 Å². The van der Waals surface area contributed by atoms with Crippen LogP contribution in [0, 0.1) is 11.3 Å². The van der Waals surface area contributed by atoms with Crippen molar-refractivity contribution in [2.45, 2.75) is 12.5 Å². The molecule has 0 saturated carbocycles. The van der Waals surface area contributed by atoms with Gasteiger partial charge in [0, 0.05) is 25.4 Å². The Balaban J connectivity index is 2.16. The van der Waals surface area contributed by atoms with Crippen LogP contribution in [0.25, 0.3) is 0 Å². The lowest BCUT2D eigenvalue weighted by molar-refractivity contribution is 0.176. The highest BCUT2D eigenvalue weighted by Gasteiger charge is 2.06. The van der Waals surface area contributed by atoms with E-state index in [1.165, 1.54) is 0 Å². The number of benzene rings is 1. The molecule has 0 heterocycles. The molecule has 0 fully saturated rings. The molecule has 0 amide bonds. The third kappa shape index (κ3) is 6.60. The van der Waals surface area contributed by atoms with E-state index in [2.05, 4.69) is 11.4 Å². The molecule has 4 nitrogen and oxygen atoms in total. The van der Waals surface area contributed by atoms with E-state index >= 15 is 0 Å². The molecule has 0 saturated heterocycles. The van der Waals surface area contributed by atoms with Gasteiger partial charge in [0.15, 0.2) is 0 Å². The van der Waals surface area contributed by atoms with Gasteiger partial charge in [-0.25, -0.2) is 0 Å². The fourth-order valence-electron chi connectivity index (χ4n) is 1.55. The molecule has 0 radical (unpaired) electrons. The lowest BCUT2D eigenvalue weighted by Crippen LogP contribution is -2.23. The number of aliphatic hydroxyl groups is 2. The van der Waals surface area contributed by atoms with Crippen molar-refractivity contribution >= 4 is 11.8 Å². The monoisotopic (exact) mass is 280 g/mol. The predicted octanol–water partition coefficient (Wildman–Crippen LogP) is 1.30. The van der Waals surface area contributed by atoms with E-state index in [4.69, 9.17) is 10.4 Å². The molecule has 104 valence electrons. The lowest BCUT2D eigenvalue weighted by atomic mass is 10.1. The smallest absolute Gasteiger partial charge is 0.0991 e. The number of rotatable bonds is 9. The minimum absolute atomic E-state index is 0.248. The van der Waals surface area contributed by atoms with Crippen molar-refractivity contribution in [3.05, 3.63) is 35.4 Å². The molecule has 1 aromatic carbocycles. The Bertz CT molecular complexity index is 389. The summed E-state index contributed by atoms with van der Waals surface area (Å²) in [5.74, 6) is 1.94. The quantitative estimate of drug-likeness (QED) is 0.594. The Hall–Kier alpha value is -1.06. The van der Waals surface area contributed by atoms with Gasteiger partial charge in [-0.05, 0) is 29.9 Å². The zero-order chi connectivity index (χ0) is 13.9. The Morgan fingerprint density at radius 1 is 1.26 bits per heavy atom. The van der Waals surface area contributed by atoms with Crippen molar-refractivity contribution in [2.75, 3.05) is 31.2 Å². The van der Waals surface area contributed by atoms with E-state index in [0.717, 1.165) is 30.0 Å². The molecule has 5 heteroatoms. The summed E-state index contributed by atoms with van der Waals surface area (Å²) in [6, 6.07) is 9.03. The molecule has 0 aliphatic heterocycles. The summed E-state index contributed by atoms with van der Waals surface area (Å²) in [7, 11) is 0. The average Bonchev–Trinajstić information content (AvgIpc) is 2.46. The van der Waals surface area contributed by atoms with E-state index in [1.807, 2.05) is 0 Å². The van der Waals surface area contributed by atoms with Crippen molar-refractivity contribution in [3.8, 4) is 6.07 Å². The van der Waals surface area contributed by atoms with Crippen LogP contribution in [0.5, 0.6) is 0 Å². The first-order valence-corrected chi connectivity index (χ1v) is 7.51. The number of thioether (sulfide) groups is 1. The zero-order valence-corrected chi connectivity index (χ0v) is 11.7. The molecule has 19 heavy (non-hydrogen) atoms. The molecule has 0 bridgehead atoms. The molecule has 0 aliphatic carbocycles. The van der Waals surface area contributed by atoms with E-state index in [0.29, 0.717) is 12.1 Å². The van der Waals surface area contributed by atoms with Gasteiger partial charge in [-0.15, -0.1) is 0 Å². The van der Waals surface area contributed by atoms with E-state index in [-0.39, 0.29) is 6.61 Å². The number of aliphatic hydroxyl groups excluding tert-OH is 2. The zero-order valence-electron chi connectivity index (χ0n) is 10.9. The van der Waals surface area contributed by atoms with Crippen LogP contribution >= 0.6 is 11.8 Å². The molecule has 1 unspecified atom stereocenters. The molecule has 1 rings (SSSR count). The molecule has 1 atom stereocenters. The summed E-state index contributed by atoms with van der Waals surface area (Å²) in [6.45, 7) is 1.59.